The van der Waals surface area contributed by atoms with Crippen molar-refractivity contribution in [2.24, 2.45) is 0 Å². The molecule has 3 rings (SSSR count). The van der Waals surface area contributed by atoms with E-state index < -0.39 is 36.6 Å². The van der Waals surface area contributed by atoms with Gasteiger partial charge in [0.1, 0.15) is 30.1 Å². The maximum Gasteiger partial charge on any atom is 0.255 e. The molecule has 112 valence electrons. The van der Waals surface area contributed by atoms with Crippen molar-refractivity contribution in [3.05, 3.63) is 44.5 Å². The molecule has 2 aromatic rings. The van der Waals surface area contributed by atoms with Crippen LogP contribution in [-0.2, 0) is 4.74 Å². The third-order valence-electron chi connectivity index (χ3n) is 3.61. The molecule has 1 fully saturated rings. The standard InChI is InChI=1S/C13H14N2O6/c16-4-7-9(18)10(19)11(21-7)6-3-5-1-2-8(17)14-12(5)15-13(6)20/h1-3,7,9-11,16,18-19H,4H2,(H2,14,15,17,20)/t7-,9?,10?,11+/m1/s1. The number of aromatic nitrogens is 2. The largest absolute Gasteiger partial charge is 0.394 e. The average Bonchev–Trinajstić information content (AvgIpc) is 2.74. The van der Waals surface area contributed by atoms with E-state index in [4.69, 9.17) is 9.84 Å². The van der Waals surface area contributed by atoms with E-state index in [9.17, 15) is 19.8 Å². The number of aliphatic hydroxyl groups excluding tert-OH is 3. The fourth-order valence-electron chi connectivity index (χ4n) is 2.50. The first-order chi connectivity index (χ1) is 10.0. The van der Waals surface area contributed by atoms with Crippen LogP contribution >= 0.6 is 0 Å². The molecule has 4 atom stereocenters. The van der Waals surface area contributed by atoms with Gasteiger partial charge in [-0.15, -0.1) is 0 Å². The van der Waals surface area contributed by atoms with Gasteiger partial charge < -0.3 is 30.0 Å². The minimum Gasteiger partial charge on any atom is -0.394 e. The second-order valence-electron chi connectivity index (χ2n) is 4.97. The number of hydrogen-bond acceptors (Lipinski definition) is 6. The number of nitrogens with one attached hydrogen (secondary N) is 2. The Hall–Kier alpha value is -2.00. The Bertz CT molecular complexity index is 782. The second-order valence-corrected chi connectivity index (χ2v) is 4.97. The van der Waals surface area contributed by atoms with Gasteiger partial charge in [-0.3, -0.25) is 9.59 Å². The van der Waals surface area contributed by atoms with Crippen LogP contribution in [0.1, 0.15) is 11.7 Å². The minimum atomic E-state index is -1.32. The zero-order valence-corrected chi connectivity index (χ0v) is 10.8. The van der Waals surface area contributed by atoms with Crippen LogP contribution in [0.25, 0.3) is 11.0 Å². The van der Waals surface area contributed by atoms with E-state index in [1.165, 1.54) is 18.2 Å². The third kappa shape index (κ3) is 2.28. The molecule has 3 heterocycles. The molecule has 0 saturated carbocycles. The first-order valence-corrected chi connectivity index (χ1v) is 6.40. The third-order valence-corrected chi connectivity index (χ3v) is 3.61. The Kier molecular flexibility index (Phi) is 3.38. The highest BCUT2D eigenvalue weighted by Crippen LogP contribution is 2.32. The van der Waals surface area contributed by atoms with Gasteiger partial charge in [0.05, 0.1) is 6.61 Å². The van der Waals surface area contributed by atoms with Gasteiger partial charge in [0.25, 0.3) is 5.56 Å². The second kappa shape index (κ2) is 5.08. The van der Waals surface area contributed by atoms with Gasteiger partial charge in [-0.1, -0.05) is 0 Å². The van der Waals surface area contributed by atoms with Crippen LogP contribution in [0.4, 0.5) is 0 Å². The lowest BCUT2D eigenvalue weighted by Gasteiger charge is -2.14. The quantitative estimate of drug-likeness (QED) is 0.451. The van der Waals surface area contributed by atoms with Crippen molar-refractivity contribution in [1.82, 2.24) is 9.97 Å². The molecule has 0 spiro atoms. The average molecular weight is 294 g/mol. The van der Waals surface area contributed by atoms with Gasteiger partial charge in [-0.25, -0.2) is 0 Å². The van der Waals surface area contributed by atoms with Crippen molar-refractivity contribution in [2.75, 3.05) is 6.61 Å². The van der Waals surface area contributed by atoms with Gasteiger partial charge in [0.2, 0.25) is 5.56 Å². The summed E-state index contributed by atoms with van der Waals surface area (Å²) >= 11 is 0. The maximum absolute atomic E-state index is 12.1. The molecule has 5 N–H and O–H groups in total. The summed E-state index contributed by atoms with van der Waals surface area (Å²) in [5.74, 6) is 0. The number of H-pyrrole nitrogens is 2. The number of rotatable bonds is 2. The topological polar surface area (TPSA) is 136 Å². The predicted molar refractivity (Wildman–Crippen MR) is 71.9 cm³/mol. The summed E-state index contributed by atoms with van der Waals surface area (Å²) in [6.07, 6.45) is -4.58. The number of hydrogen-bond donors (Lipinski definition) is 5. The Morgan fingerprint density at radius 1 is 1.14 bits per heavy atom. The minimum absolute atomic E-state index is 0.122. The summed E-state index contributed by atoms with van der Waals surface area (Å²) in [7, 11) is 0. The Morgan fingerprint density at radius 2 is 1.90 bits per heavy atom. The summed E-state index contributed by atoms with van der Waals surface area (Å²) in [4.78, 5) is 28.3. The van der Waals surface area contributed by atoms with E-state index in [-0.39, 0.29) is 16.8 Å². The van der Waals surface area contributed by atoms with Crippen LogP contribution in [0.3, 0.4) is 0 Å². The molecule has 0 aromatic carbocycles. The molecule has 1 aliphatic rings. The van der Waals surface area contributed by atoms with E-state index in [1.807, 2.05) is 0 Å². The normalized spacial score (nSPS) is 29.1. The van der Waals surface area contributed by atoms with Gasteiger partial charge in [-0.05, 0) is 12.1 Å². The van der Waals surface area contributed by atoms with Crippen LogP contribution < -0.4 is 11.1 Å². The molecular weight excluding hydrogens is 280 g/mol. The first kappa shape index (κ1) is 14.0. The zero-order chi connectivity index (χ0) is 15.1. The summed E-state index contributed by atoms with van der Waals surface area (Å²) < 4.78 is 5.33. The van der Waals surface area contributed by atoms with Crippen LogP contribution in [-0.4, -0.2) is 50.2 Å². The van der Waals surface area contributed by atoms with E-state index in [2.05, 4.69) is 9.97 Å². The van der Waals surface area contributed by atoms with Crippen LogP contribution in [0, 0.1) is 0 Å². The molecule has 0 aliphatic carbocycles. The molecule has 1 saturated heterocycles. The van der Waals surface area contributed by atoms with Crippen molar-refractivity contribution in [2.45, 2.75) is 24.4 Å². The lowest BCUT2D eigenvalue weighted by molar-refractivity contribution is -0.0231. The summed E-state index contributed by atoms with van der Waals surface area (Å²) in [5, 5.41) is 29.3. The molecule has 2 aromatic heterocycles. The lowest BCUT2D eigenvalue weighted by atomic mass is 10.0. The number of aliphatic hydroxyl groups is 3. The van der Waals surface area contributed by atoms with E-state index in [1.54, 1.807) is 0 Å². The monoisotopic (exact) mass is 294 g/mol. The molecule has 0 amide bonds. The first-order valence-electron chi connectivity index (χ1n) is 6.40. The SMILES string of the molecule is O=c1ccc2cc([C@@H]3O[C@H](CO)C(O)C3O)c(=O)[nH]c2[nH]1. The lowest BCUT2D eigenvalue weighted by Crippen LogP contribution is -2.33. The van der Waals surface area contributed by atoms with Gasteiger partial charge in [-0.2, -0.15) is 0 Å². The van der Waals surface area contributed by atoms with Crippen molar-refractivity contribution >= 4 is 11.0 Å². The fourth-order valence-corrected chi connectivity index (χ4v) is 2.50. The van der Waals surface area contributed by atoms with Crippen molar-refractivity contribution in [3.63, 3.8) is 0 Å². The van der Waals surface area contributed by atoms with E-state index in [0.717, 1.165) is 0 Å². The fraction of sp³-hybridized carbons (Fsp3) is 0.385. The summed E-state index contributed by atoms with van der Waals surface area (Å²) in [6, 6.07) is 4.31. The molecule has 0 radical (unpaired) electrons. The number of pyridine rings is 2. The Morgan fingerprint density at radius 3 is 2.57 bits per heavy atom. The molecule has 1 aliphatic heterocycles. The van der Waals surface area contributed by atoms with E-state index in [0.29, 0.717) is 5.39 Å². The molecular formula is C13H14N2O6. The van der Waals surface area contributed by atoms with Crippen LogP contribution in [0.2, 0.25) is 0 Å². The summed E-state index contributed by atoms with van der Waals surface area (Å²) in [5.41, 5.74) is -0.502. The predicted octanol–water partition coefficient (Wildman–Crippen LogP) is -1.63. The van der Waals surface area contributed by atoms with Crippen molar-refractivity contribution < 1.29 is 20.1 Å². The highest BCUT2D eigenvalue weighted by Gasteiger charge is 2.44. The molecule has 8 heteroatoms. The summed E-state index contributed by atoms with van der Waals surface area (Å²) in [6.45, 7) is -0.465. The van der Waals surface area contributed by atoms with Crippen LogP contribution in [0.15, 0.2) is 27.8 Å². The highest BCUT2D eigenvalue weighted by atomic mass is 16.6. The molecule has 21 heavy (non-hydrogen) atoms. The van der Waals surface area contributed by atoms with Gasteiger partial charge >= 0.3 is 0 Å². The highest BCUT2D eigenvalue weighted by molar-refractivity contribution is 5.74. The number of ether oxygens (including phenoxy) is 1. The zero-order valence-electron chi connectivity index (χ0n) is 10.8. The number of fused-ring (bicyclic) bond motifs is 1. The Balaban J connectivity index is 2.09. The molecule has 8 nitrogen and oxygen atoms in total. The van der Waals surface area contributed by atoms with Gasteiger partial charge in [0.15, 0.2) is 0 Å². The Labute approximate surface area is 117 Å². The van der Waals surface area contributed by atoms with E-state index >= 15 is 0 Å². The van der Waals surface area contributed by atoms with Crippen molar-refractivity contribution in [3.8, 4) is 0 Å². The molecule has 0 bridgehead atoms. The number of aromatic amines is 2. The van der Waals surface area contributed by atoms with Crippen LogP contribution in [0.5, 0.6) is 0 Å². The maximum atomic E-state index is 12.1. The molecule has 2 unspecified atom stereocenters. The van der Waals surface area contributed by atoms with Crippen molar-refractivity contribution in [1.29, 1.82) is 0 Å². The smallest absolute Gasteiger partial charge is 0.255 e. The van der Waals surface area contributed by atoms with Gasteiger partial charge in [0, 0.05) is 17.0 Å².